The fourth-order valence-corrected chi connectivity index (χ4v) is 2.81. The lowest BCUT2D eigenvalue weighted by Crippen LogP contribution is -2.36. The van der Waals surface area contributed by atoms with E-state index in [2.05, 4.69) is 22.1 Å². The number of aromatic nitrogens is 1. The number of hydrogen-bond donors (Lipinski definition) is 1. The summed E-state index contributed by atoms with van der Waals surface area (Å²) in [6.07, 6.45) is 6.14. The van der Waals surface area contributed by atoms with Gasteiger partial charge in [0.2, 0.25) is 0 Å². The Labute approximate surface area is 102 Å². The van der Waals surface area contributed by atoms with Crippen molar-refractivity contribution in [2.24, 2.45) is 0 Å². The van der Waals surface area contributed by atoms with E-state index in [0.717, 1.165) is 6.54 Å². The van der Waals surface area contributed by atoms with E-state index in [4.69, 9.17) is 0 Å². The molecule has 1 atom stereocenters. The van der Waals surface area contributed by atoms with Crippen LogP contribution < -0.4 is 5.32 Å². The summed E-state index contributed by atoms with van der Waals surface area (Å²) in [5.41, 5.74) is 1.90. The molecule has 1 saturated heterocycles. The van der Waals surface area contributed by atoms with Crippen LogP contribution in [0.4, 0.5) is 0 Å². The van der Waals surface area contributed by atoms with Gasteiger partial charge in [0.05, 0.1) is 5.51 Å². The van der Waals surface area contributed by atoms with Gasteiger partial charge in [-0.2, -0.15) is 0 Å². The van der Waals surface area contributed by atoms with Crippen LogP contribution in [0.2, 0.25) is 0 Å². The molecule has 0 spiro atoms. The van der Waals surface area contributed by atoms with E-state index in [9.17, 15) is 0 Å². The van der Waals surface area contributed by atoms with E-state index in [0.29, 0.717) is 6.04 Å². The predicted octanol–water partition coefficient (Wildman–Crippen LogP) is 2.28. The van der Waals surface area contributed by atoms with Crippen molar-refractivity contribution in [3.63, 3.8) is 0 Å². The number of nitrogens with one attached hydrogen (secondary N) is 1. The van der Waals surface area contributed by atoms with E-state index in [-0.39, 0.29) is 0 Å². The Balaban J connectivity index is 1.63. The summed E-state index contributed by atoms with van der Waals surface area (Å²) >= 11 is 1.73. The predicted molar refractivity (Wildman–Crippen MR) is 68.8 cm³/mol. The Morgan fingerprint density at radius 2 is 2.25 bits per heavy atom. The highest BCUT2D eigenvalue weighted by Gasteiger charge is 2.10. The normalized spacial score (nSPS) is 19.8. The third kappa shape index (κ3) is 3.54. The lowest BCUT2D eigenvalue weighted by molar-refractivity contribution is 0.227. The fraction of sp³-hybridized carbons (Fsp3) is 0.750. The van der Waals surface area contributed by atoms with Crippen molar-refractivity contribution < 1.29 is 0 Å². The fourth-order valence-electron chi connectivity index (χ4n) is 2.16. The molecule has 0 aromatic carbocycles. The molecule has 3 nitrogen and oxygen atoms in total. The number of rotatable bonds is 5. The van der Waals surface area contributed by atoms with Gasteiger partial charge in [-0.3, -0.25) is 4.98 Å². The Hall–Kier alpha value is -0.450. The van der Waals surface area contributed by atoms with Crippen molar-refractivity contribution in [2.45, 2.75) is 32.2 Å². The Morgan fingerprint density at radius 1 is 1.44 bits per heavy atom. The molecule has 1 aliphatic rings. The minimum absolute atomic E-state index is 0.442. The number of hydrogen-bond acceptors (Lipinski definition) is 4. The standard InChI is InChI=1S/C12H21N3S/c1-11(12-9-13-10-16-12)14-5-8-15-6-3-2-4-7-15/h9-11,14H,2-8H2,1H3. The average molecular weight is 239 g/mol. The zero-order valence-electron chi connectivity index (χ0n) is 9.98. The maximum absolute atomic E-state index is 4.11. The molecule has 1 aromatic heterocycles. The molecule has 1 unspecified atom stereocenters. The molecular formula is C12H21N3S. The van der Waals surface area contributed by atoms with E-state index < -0.39 is 0 Å². The molecule has 0 saturated carbocycles. The van der Waals surface area contributed by atoms with Crippen molar-refractivity contribution in [3.05, 3.63) is 16.6 Å². The van der Waals surface area contributed by atoms with Crippen LogP contribution in [0.25, 0.3) is 0 Å². The van der Waals surface area contributed by atoms with Crippen molar-refractivity contribution in [1.29, 1.82) is 0 Å². The molecule has 0 bridgehead atoms. The van der Waals surface area contributed by atoms with Crippen LogP contribution >= 0.6 is 11.3 Å². The highest BCUT2D eigenvalue weighted by Crippen LogP contribution is 2.15. The van der Waals surface area contributed by atoms with E-state index in [1.807, 2.05) is 11.7 Å². The second-order valence-corrected chi connectivity index (χ2v) is 5.40. The summed E-state index contributed by atoms with van der Waals surface area (Å²) in [5, 5.41) is 3.56. The SMILES string of the molecule is CC(NCCN1CCCCC1)c1cncs1. The second kappa shape index (κ2) is 6.33. The molecule has 90 valence electrons. The van der Waals surface area contributed by atoms with Gasteiger partial charge in [-0.15, -0.1) is 11.3 Å². The first-order chi connectivity index (χ1) is 7.86. The van der Waals surface area contributed by atoms with E-state index >= 15 is 0 Å². The molecule has 2 heterocycles. The third-order valence-electron chi connectivity index (χ3n) is 3.21. The molecule has 1 N–H and O–H groups in total. The van der Waals surface area contributed by atoms with Crippen LogP contribution in [0, 0.1) is 0 Å². The number of nitrogens with zero attached hydrogens (tertiary/aromatic N) is 2. The molecule has 4 heteroatoms. The van der Waals surface area contributed by atoms with E-state index in [1.54, 1.807) is 11.3 Å². The maximum atomic E-state index is 4.11. The van der Waals surface area contributed by atoms with Gasteiger partial charge in [-0.25, -0.2) is 0 Å². The second-order valence-electron chi connectivity index (χ2n) is 4.48. The van der Waals surface area contributed by atoms with Gasteiger partial charge in [0.25, 0.3) is 0 Å². The first kappa shape index (κ1) is 12.0. The maximum Gasteiger partial charge on any atom is 0.0794 e. The molecule has 2 rings (SSSR count). The van der Waals surface area contributed by atoms with Gasteiger partial charge in [0.1, 0.15) is 0 Å². The molecule has 0 aliphatic carbocycles. The number of piperidine rings is 1. The number of likely N-dealkylation sites (tertiary alicyclic amines) is 1. The minimum atomic E-state index is 0.442. The summed E-state index contributed by atoms with van der Waals surface area (Å²) < 4.78 is 0. The highest BCUT2D eigenvalue weighted by molar-refractivity contribution is 7.09. The van der Waals surface area contributed by atoms with Gasteiger partial charge >= 0.3 is 0 Å². The summed E-state index contributed by atoms with van der Waals surface area (Å²) in [6.45, 7) is 7.05. The monoisotopic (exact) mass is 239 g/mol. The van der Waals surface area contributed by atoms with Crippen molar-refractivity contribution in [1.82, 2.24) is 15.2 Å². The van der Waals surface area contributed by atoms with Crippen molar-refractivity contribution in [2.75, 3.05) is 26.2 Å². The zero-order chi connectivity index (χ0) is 11.2. The van der Waals surface area contributed by atoms with Crippen molar-refractivity contribution >= 4 is 11.3 Å². The zero-order valence-corrected chi connectivity index (χ0v) is 10.8. The van der Waals surface area contributed by atoms with E-state index in [1.165, 1.54) is 43.8 Å². The molecule has 0 amide bonds. The first-order valence-electron chi connectivity index (χ1n) is 6.20. The quantitative estimate of drug-likeness (QED) is 0.854. The van der Waals surface area contributed by atoms with Gasteiger partial charge in [-0.05, 0) is 32.9 Å². The Morgan fingerprint density at radius 3 is 2.94 bits per heavy atom. The molecular weight excluding hydrogens is 218 g/mol. The lowest BCUT2D eigenvalue weighted by Gasteiger charge is -2.26. The van der Waals surface area contributed by atoms with Gasteiger partial charge in [0.15, 0.2) is 0 Å². The third-order valence-corrected chi connectivity index (χ3v) is 4.16. The summed E-state index contributed by atoms with van der Waals surface area (Å²) in [5.74, 6) is 0. The van der Waals surface area contributed by atoms with Gasteiger partial charge in [0, 0.05) is 30.2 Å². The van der Waals surface area contributed by atoms with Crippen molar-refractivity contribution in [3.8, 4) is 0 Å². The smallest absolute Gasteiger partial charge is 0.0794 e. The van der Waals surface area contributed by atoms with Crippen LogP contribution in [-0.2, 0) is 0 Å². The largest absolute Gasteiger partial charge is 0.308 e. The first-order valence-corrected chi connectivity index (χ1v) is 7.08. The summed E-state index contributed by atoms with van der Waals surface area (Å²) in [7, 11) is 0. The highest BCUT2D eigenvalue weighted by atomic mass is 32.1. The average Bonchev–Trinajstić information content (AvgIpc) is 2.84. The molecule has 1 fully saturated rings. The van der Waals surface area contributed by atoms with Crippen LogP contribution in [-0.4, -0.2) is 36.1 Å². The topological polar surface area (TPSA) is 28.2 Å². The van der Waals surface area contributed by atoms with Gasteiger partial charge in [-0.1, -0.05) is 6.42 Å². The van der Waals surface area contributed by atoms with Crippen LogP contribution in [0.3, 0.4) is 0 Å². The Kier molecular flexibility index (Phi) is 4.75. The Bertz CT molecular complexity index is 280. The lowest BCUT2D eigenvalue weighted by atomic mass is 10.1. The summed E-state index contributed by atoms with van der Waals surface area (Å²) in [6, 6.07) is 0.442. The minimum Gasteiger partial charge on any atom is -0.308 e. The molecule has 16 heavy (non-hydrogen) atoms. The molecule has 1 aromatic rings. The number of thiazole rings is 1. The van der Waals surface area contributed by atoms with Crippen LogP contribution in [0.5, 0.6) is 0 Å². The summed E-state index contributed by atoms with van der Waals surface area (Å²) in [4.78, 5) is 8.01. The van der Waals surface area contributed by atoms with Gasteiger partial charge < -0.3 is 10.2 Å². The van der Waals surface area contributed by atoms with Crippen LogP contribution in [0.1, 0.15) is 37.1 Å². The molecule has 0 radical (unpaired) electrons. The molecule has 1 aliphatic heterocycles. The van der Waals surface area contributed by atoms with Crippen LogP contribution in [0.15, 0.2) is 11.7 Å².